The number of benzene rings is 2. The highest BCUT2D eigenvalue weighted by molar-refractivity contribution is 7.99. The first-order chi connectivity index (χ1) is 12.3. The maximum absolute atomic E-state index is 13.9. The number of amides is 1. The molecule has 0 aromatic heterocycles. The molecule has 1 heterocycles. The molecule has 1 aliphatic rings. The number of nitrogens with zero attached hydrogens (tertiary/aromatic N) is 1. The van der Waals surface area contributed by atoms with Crippen molar-refractivity contribution < 1.29 is 17.6 Å². The summed E-state index contributed by atoms with van der Waals surface area (Å²) >= 11 is 7.26. The predicted octanol–water partition coefficient (Wildman–Crippen LogP) is 4.13. The van der Waals surface area contributed by atoms with Crippen LogP contribution in [0.5, 0.6) is 0 Å². The second-order valence-electron chi connectivity index (χ2n) is 5.73. The summed E-state index contributed by atoms with van der Waals surface area (Å²) in [6.07, 6.45) is 0.815. The second kappa shape index (κ2) is 7.46. The van der Waals surface area contributed by atoms with Crippen molar-refractivity contribution in [3.05, 3.63) is 47.2 Å². The topological polar surface area (TPSA) is 66.5 Å². The maximum atomic E-state index is 13.9. The van der Waals surface area contributed by atoms with Crippen molar-refractivity contribution in [1.82, 2.24) is 0 Å². The van der Waals surface area contributed by atoms with Gasteiger partial charge in [-0.15, -0.1) is 11.8 Å². The van der Waals surface area contributed by atoms with Crippen molar-refractivity contribution in [3.8, 4) is 0 Å². The fraction of sp³-hybridized carbons (Fsp3) is 0.235. The number of hydrogen-bond donors (Lipinski definition) is 1. The molecule has 0 bridgehead atoms. The third-order valence-corrected chi connectivity index (χ3v) is 6.62. The molecule has 5 nitrogen and oxygen atoms in total. The molecule has 3 rings (SSSR count). The van der Waals surface area contributed by atoms with Crippen LogP contribution in [-0.2, 0) is 14.8 Å². The Balaban J connectivity index is 1.99. The van der Waals surface area contributed by atoms with Gasteiger partial charge >= 0.3 is 0 Å². The van der Waals surface area contributed by atoms with E-state index in [9.17, 15) is 17.6 Å². The summed E-state index contributed by atoms with van der Waals surface area (Å²) in [5.41, 5.74) is 0.363. The Morgan fingerprint density at radius 2 is 2.04 bits per heavy atom. The largest absolute Gasteiger partial charge is 0.311 e. The molecule has 0 atom stereocenters. The normalized spacial score (nSPS) is 14.5. The molecule has 1 aliphatic heterocycles. The van der Waals surface area contributed by atoms with Crippen molar-refractivity contribution in [2.45, 2.75) is 23.1 Å². The minimum atomic E-state index is -4.02. The van der Waals surface area contributed by atoms with E-state index in [4.69, 9.17) is 11.6 Å². The van der Waals surface area contributed by atoms with Gasteiger partial charge in [0.25, 0.3) is 10.0 Å². The van der Waals surface area contributed by atoms with Crippen LogP contribution in [0.15, 0.2) is 46.2 Å². The molecule has 1 N–H and O–H groups in total. The van der Waals surface area contributed by atoms with Crippen LogP contribution in [0.25, 0.3) is 0 Å². The number of carbonyl (C=O) groups is 1. The average Bonchev–Trinajstić information content (AvgIpc) is 2.79. The molecule has 2 aromatic carbocycles. The van der Waals surface area contributed by atoms with Crippen molar-refractivity contribution in [2.24, 2.45) is 0 Å². The monoisotopic (exact) mass is 414 g/mol. The van der Waals surface area contributed by atoms with Crippen LogP contribution in [-0.4, -0.2) is 26.6 Å². The summed E-state index contributed by atoms with van der Waals surface area (Å²) in [6.45, 7) is 1.97. The number of nitrogens with one attached hydrogen (secondary N) is 1. The summed E-state index contributed by atoms with van der Waals surface area (Å²) in [6, 6.07) is 8.26. The Bertz CT molecular complexity index is 966. The lowest BCUT2D eigenvalue weighted by Crippen LogP contribution is -2.29. The van der Waals surface area contributed by atoms with Crippen molar-refractivity contribution in [1.29, 1.82) is 0 Å². The van der Waals surface area contributed by atoms with Crippen molar-refractivity contribution in [2.75, 3.05) is 21.9 Å². The Kier molecular flexibility index (Phi) is 5.45. The molecule has 1 amide bonds. The van der Waals surface area contributed by atoms with Gasteiger partial charge in [0.15, 0.2) is 0 Å². The molecule has 0 saturated heterocycles. The van der Waals surface area contributed by atoms with Gasteiger partial charge in [-0.1, -0.05) is 11.6 Å². The molecule has 0 saturated carbocycles. The third kappa shape index (κ3) is 3.97. The molecule has 2 aromatic rings. The molecular formula is C17H16ClFN2O3S2. The highest BCUT2D eigenvalue weighted by Gasteiger charge is 2.23. The van der Waals surface area contributed by atoms with Crippen LogP contribution >= 0.6 is 23.4 Å². The second-order valence-corrected chi connectivity index (χ2v) is 8.99. The van der Waals surface area contributed by atoms with E-state index in [0.29, 0.717) is 12.2 Å². The number of rotatable bonds is 3. The number of fused-ring (bicyclic) bond motifs is 1. The summed E-state index contributed by atoms with van der Waals surface area (Å²) in [4.78, 5) is 14.3. The van der Waals surface area contributed by atoms with Crippen molar-refractivity contribution in [3.63, 3.8) is 0 Å². The smallest absolute Gasteiger partial charge is 0.262 e. The van der Waals surface area contributed by atoms with Gasteiger partial charge in [-0.3, -0.25) is 9.52 Å². The molecule has 0 aliphatic carbocycles. The number of hydrogen-bond acceptors (Lipinski definition) is 4. The standard InChI is InChI=1S/C17H16ClFN2O3S2/c1-11(22)21-7-2-8-25-17-6-4-13(10-16(17)21)26(23,24)20-15-5-3-12(18)9-14(15)19/h3-6,9-10,20H,2,7-8H2,1H3. The molecule has 0 spiro atoms. The van der Waals surface area contributed by atoms with Gasteiger partial charge in [-0.25, -0.2) is 12.8 Å². The summed E-state index contributed by atoms with van der Waals surface area (Å²) < 4.78 is 41.5. The fourth-order valence-electron chi connectivity index (χ4n) is 2.63. The summed E-state index contributed by atoms with van der Waals surface area (Å²) in [5, 5.41) is 0.171. The molecular weight excluding hydrogens is 399 g/mol. The van der Waals surface area contributed by atoms with Gasteiger partial charge in [0.05, 0.1) is 16.3 Å². The van der Waals surface area contributed by atoms with Crippen LogP contribution in [0.1, 0.15) is 13.3 Å². The first kappa shape index (κ1) is 19.0. The van der Waals surface area contributed by atoms with Gasteiger partial charge in [-0.2, -0.15) is 0 Å². The molecule has 0 radical (unpaired) electrons. The quantitative estimate of drug-likeness (QED) is 0.820. The zero-order valence-corrected chi connectivity index (χ0v) is 16.2. The van der Waals surface area contributed by atoms with Crippen LogP contribution < -0.4 is 9.62 Å². The minimum absolute atomic E-state index is 0.0423. The van der Waals surface area contributed by atoms with Crippen LogP contribution in [0, 0.1) is 5.82 Å². The zero-order valence-electron chi connectivity index (χ0n) is 13.8. The fourth-order valence-corrected chi connectivity index (χ4v) is 4.85. The zero-order chi connectivity index (χ0) is 18.9. The Morgan fingerprint density at radius 3 is 2.73 bits per heavy atom. The number of halogens is 2. The summed E-state index contributed by atoms with van der Waals surface area (Å²) in [7, 11) is -4.02. The molecule has 0 unspecified atom stereocenters. The molecule has 0 fully saturated rings. The SMILES string of the molecule is CC(=O)N1CCCSc2ccc(S(=O)(=O)Nc3ccc(Cl)cc3F)cc21. The predicted molar refractivity (Wildman–Crippen MR) is 102 cm³/mol. The number of thioether (sulfide) groups is 1. The highest BCUT2D eigenvalue weighted by atomic mass is 35.5. The van der Waals surface area contributed by atoms with E-state index in [2.05, 4.69) is 4.72 Å². The van der Waals surface area contributed by atoms with E-state index >= 15 is 0 Å². The molecule has 26 heavy (non-hydrogen) atoms. The Morgan fingerprint density at radius 1 is 1.27 bits per heavy atom. The van der Waals surface area contributed by atoms with Gasteiger partial charge in [0.1, 0.15) is 5.82 Å². The van der Waals surface area contributed by atoms with Crippen LogP contribution in [0.3, 0.4) is 0 Å². The first-order valence-corrected chi connectivity index (χ1v) is 10.7. The summed E-state index contributed by atoms with van der Waals surface area (Å²) in [5.74, 6) is -0.0753. The third-order valence-electron chi connectivity index (χ3n) is 3.87. The van der Waals surface area contributed by atoms with Gasteiger partial charge in [-0.05, 0) is 48.6 Å². The highest BCUT2D eigenvalue weighted by Crippen LogP contribution is 2.36. The van der Waals surface area contributed by atoms with Gasteiger partial charge in [0, 0.05) is 23.4 Å². The van der Waals surface area contributed by atoms with E-state index in [1.165, 1.54) is 31.2 Å². The van der Waals surface area contributed by atoms with E-state index in [1.807, 2.05) is 0 Å². The molecule has 9 heteroatoms. The lowest BCUT2D eigenvalue weighted by Gasteiger charge is -2.21. The van der Waals surface area contributed by atoms with Gasteiger partial charge < -0.3 is 4.90 Å². The number of carbonyl (C=O) groups excluding carboxylic acids is 1. The Labute approximate surface area is 160 Å². The van der Waals surface area contributed by atoms with Gasteiger partial charge in [0.2, 0.25) is 5.91 Å². The lowest BCUT2D eigenvalue weighted by atomic mass is 10.2. The van der Waals surface area contributed by atoms with Crippen LogP contribution in [0.2, 0.25) is 5.02 Å². The van der Waals surface area contributed by atoms with E-state index in [0.717, 1.165) is 23.1 Å². The lowest BCUT2D eigenvalue weighted by molar-refractivity contribution is -0.116. The van der Waals surface area contributed by atoms with E-state index in [-0.39, 0.29) is 21.5 Å². The van der Waals surface area contributed by atoms with Crippen molar-refractivity contribution >= 4 is 50.7 Å². The molecule has 138 valence electrons. The van der Waals surface area contributed by atoms with E-state index < -0.39 is 15.8 Å². The number of sulfonamides is 1. The van der Waals surface area contributed by atoms with Crippen LogP contribution in [0.4, 0.5) is 15.8 Å². The Hall–Kier alpha value is -1.77. The minimum Gasteiger partial charge on any atom is -0.311 e. The average molecular weight is 415 g/mol. The first-order valence-electron chi connectivity index (χ1n) is 7.81. The van der Waals surface area contributed by atoms with E-state index in [1.54, 1.807) is 22.7 Å². The maximum Gasteiger partial charge on any atom is 0.262 e. The number of anilines is 2.